The Hall–Kier alpha value is -3.53. The zero-order chi connectivity index (χ0) is 20.4. The highest BCUT2D eigenvalue weighted by molar-refractivity contribution is 6.32. The molecule has 11 heteroatoms. The molecule has 2 heterocycles. The van der Waals surface area contributed by atoms with E-state index in [2.05, 4.69) is 15.5 Å². The minimum absolute atomic E-state index is 0.0431. The van der Waals surface area contributed by atoms with Crippen LogP contribution < -0.4 is 10.9 Å². The second-order valence-corrected chi connectivity index (χ2v) is 6.40. The smallest absolute Gasteiger partial charge is 0.289 e. The molecule has 0 aliphatic rings. The fourth-order valence-corrected chi connectivity index (χ4v) is 2.78. The number of nitrogens with one attached hydrogen (secondary N) is 1. The van der Waals surface area contributed by atoms with Crippen LogP contribution in [-0.4, -0.2) is 30.4 Å². The number of aryl methyl sites for hydroxylation is 2. The van der Waals surface area contributed by atoms with Crippen molar-refractivity contribution in [3.8, 4) is 5.82 Å². The number of carbonyl (C=O) groups excluding carboxylic acids is 1. The number of nitro benzene ring substituents is 1. The van der Waals surface area contributed by atoms with Gasteiger partial charge in [-0.15, -0.1) is 5.10 Å². The molecule has 1 amide bonds. The Balaban J connectivity index is 1.82. The number of carbonyl (C=O) groups is 1. The maximum absolute atomic E-state index is 12.3. The predicted octanol–water partition coefficient (Wildman–Crippen LogP) is 2.25. The van der Waals surface area contributed by atoms with Crippen molar-refractivity contribution in [2.24, 2.45) is 0 Å². The Kier molecular flexibility index (Phi) is 5.23. The molecule has 0 unspecified atom stereocenters. The molecule has 0 bridgehead atoms. The van der Waals surface area contributed by atoms with Gasteiger partial charge in [-0.1, -0.05) is 11.6 Å². The quantitative estimate of drug-likeness (QED) is 0.515. The van der Waals surface area contributed by atoms with Gasteiger partial charge in [0.25, 0.3) is 11.2 Å². The number of halogens is 1. The van der Waals surface area contributed by atoms with Crippen LogP contribution in [0.2, 0.25) is 5.02 Å². The molecule has 0 aliphatic carbocycles. The average molecular weight is 403 g/mol. The van der Waals surface area contributed by atoms with Crippen molar-refractivity contribution >= 4 is 28.9 Å². The summed E-state index contributed by atoms with van der Waals surface area (Å²) < 4.78 is 2.55. The van der Waals surface area contributed by atoms with Crippen molar-refractivity contribution in [1.82, 2.24) is 19.6 Å². The van der Waals surface area contributed by atoms with Crippen LogP contribution in [-0.2, 0) is 11.3 Å². The molecule has 10 nitrogen and oxygen atoms in total. The van der Waals surface area contributed by atoms with Crippen LogP contribution >= 0.6 is 11.6 Å². The minimum atomic E-state index is -0.651. The molecule has 0 fully saturated rings. The van der Waals surface area contributed by atoms with E-state index >= 15 is 0 Å². The Morgan fingerprint density at radius 2 is 1.96 bits per heavy atom. The molecular formula is C17H15ClN6O4. The lowest BCUT2D eigenvalue weighted by Crippen LogP contribution is -2.30. The van der Waals surface area contributed by atoms with E-state index in [0.29, 0.717) is 5.82 Å². The van der Waals surface area contributed by atoms with Crippen LogP contribution in [0.1, 0.15) is 11.4 Å². The predicted molar refractivity (Wildman–Crippen MR) is 102 cm³/mol. The van der Waals surface area contributed by atoms with Gasteiger partial charge in [-0.05, 0) is 38.1 Å². The van der Waals surface area contributed by atoms with Crippen molar-refractivity contribution in [3.63, 3.8) is 0 Å². The van der Waals surface area contributed by atoms with Gasteiger partial charge in [0.15, 0.2) is 5.82 Å². The van der Waals surface area contributed by atoms with E-state index in [0.717, 1.165) is 22.1 Å². The lowest BCUT2D eigenvalue weighted by molar-refractivity contribution is -0.384. The molecule has 0 aliphatic heterocycles. The first-order chi connectivity index (χ1) is 13.2. The molecule has 0 saturated carbocycles. The summed E-state index contributed by atoms with van der Waals surface area (Å²) in [5.74, 6) is -0.183. The zero-order valence-corrected chi connectivity index (χ0v) is 15.7. The number of anilines is 1. The number of amides is 1. The number of nitrogens with zero attached hydrogens (tertiary/aromatic N) is 5. The number of aromatic nitrogens is 4. The van der Waals surface area contributed by atoms with Gasteiger partial charge in [0.1, 0.15) is 11.6 Å². The highest BCUT2D eigenvalue weighted by atomic mass is 35.5. The molecule has 0 radical (unpaired) electrons. The van der Waals surface area contributed by atoms with Gasteiger partial charge in [0, 0.05) is 23.5 Å². The lowest BCUT2D eigenvalue weighted by Gasteiger charge is -2.09. The highest BCUT2D eigenvalue weighted by Gasteiger charge is 2.15. The van der Waals surface area contributed by atoms with Gasteiger partial charge in [0.2, 0.25) is 5.91 Å². The summed E-state index contributed by atoms with van der Waals surface area (Å²) in [7, 11) is 0. The molecule has 3 rings (SSSR count). The molecule has 0 atom stereocenters. The van der Waals surface area contributed by atoms with Crippen molar-refractivity contribution in [3.05, 3.63) is 73.3 Å². The normalized spacial score (nSPS) is 10.7. The van der Waals surface area contributed by atoms with Crippen LogP contribution in [0.3, 0.4) is 0 Å². The van der Waals surface area contributed by atoms with Crippen LogP contribution in [0.15, 0.2) is 41.2 Å². The third-order valence-electron chi connectivity index (χ3n) is 3.80. The summed E-state index contributed by atoms with van der Waals surface area (Å²) in [4.78, 5) is 34.6. The zero-order valence-electron chi connectivity index (χ0n) is 14.9. The largest absolute Gasteiger partial charge is 0.324 e. The van der Waals surface area contributed by atoms with Gasteiger partial charge in [-0.25, -0.2) is 9.36 Å². The fourth-order valence-electron chi connectivity index (χ4n) is 2.59. The third-order valence-corrected chi connectivity index (χ3v) is 4.12. The monoisotopic (exact) mass is 402 g/mol. The van der Waals surface area contributed by atoms with E-state index in [4.69, 9.17) is 11.6 Å². The molecule has 1 aromatic carbocycles. The molecule has 144 valence electrons. The maximum atomic E-state index is 12.3. The molecule has 0 saturated heterocycles. The summed E-state index contributed by atoms with van der Waals surface area (Å²) >= 11 is 5.75. The topological polar surface area (TPSA) is 125 Å². The van der Waals surface area contributed by atoms with E-state index in [9.17, 15) is 19.7 Å². The number of hydrogen-bond donors (Lipinski definition) is 1. The second-order valence-electron chi connectivity index (χ2n) is 6.00. The number of hydrogen-bond acceptors (Lipinski definition) is 6. The third kappa shape index (κ3) is 4.07. The van der Waals surface area contributed by atoms with Crippen molar-refractivity contribution in [1.29, 1.82) is 0 Å². The van der Waals surface area contributed by atoms with E-state index in [1.165, 1.54) is 24.3 Å². The van der Waals surface area contributed by atoms with Crippen LogP contribution in [0.25, 0.3) is 5.82 Å². The average Bonchev–Trinajstić information content (AvgIpc) is 2.96. The summed E-state index contributed by atoms with van der Waals surface area (Å²) in [6.07, 6.45) is 0. The summed E-state index contributed by atoms with van der Waals surface area (Å²) in [6, 6.07) is 8.54. The second kappa shape index (κ2) is 7.61. The molecule has 28 heavy (non-hydrogen) atoms. The van der Waals surface area contributed by atoms with Crippen molar-refractivity contribution < 1.29 is 9.72 Å². The van der Waals surface area contributed by atoms with Gasteiger partial charge < -0.3 is 5.32 Å². The summed E-state index contributed by atoms with van der Waals surface area (Å²) in [6.45, 7) is 3.30. The lowest BCUT2D eigenvalue weighted by atomic mass is 10.3. The molecule has 2 aromatic heterocycles. The van der Waals surface area contributed by atoms with Gasteiger partial charge in [-0.3, -0.25) is 19.7 Å². The molecule has 3 aromatic rings. The Labute approximate surface area is 163 Å². The van der Waals surface area contributed by atoms with E-state index < -0.39 is 16.4 Å². The first kappa shape index (κ1) is 19.2. The van der Waals surface area contributed by atoms with Gasteiger partial charge in [0.05, 0.1) is 10.6 Å². The number of rotatable bonds is 5. The summed E-state index contributed by atoms with van der Waals surface area (Å²) in [5.41, 5.74) is 1.000. The number of benzene rings is 1. The Bertz CT molecular complexity index is 1140. The summed E-state index contributed by atoms with van der Waals surface area (Å²) in [5, 5.41) is 21.9. The van der Waals surface area contributed by atoms with Crippen molar-refractivity contribution in [2.45, 2.75) is 20.4 Å². The molecular weight excluding hydrogens is 388 g/mol. The SMILES string of the molecule is Cc1cc(C)n(-c2ccc(=O)n(CC(=O)Nc3ccc(Cl)c([N+](=O)[O-])c3)n2)n1. The minimum Gasteiger partial charge on any atom is -0.324 e. The van der Waals surface area contributed by atoms with E-state index in [-0.39, 0.29) is 22.9 Å². The Morgan fingerprint density at radius 3 is 2.61 bits per heavy atom. The molecule has 1 N–H and O–H groups in total. The standard InChI is InChI=1S/C17H15ClN6O4/c1-10-7-11(2)23(20-10)15-5-6-17(26)22(21-15)9-16(25)19-12-3-4-13(18)14(8-12)24(27)28/h3-8H,9H2,1-2H3,(H,19,25). The van der Waals surface area contributed by atoms with Crippen LogP contribution in [0.4, 0.5) is 11.4 Å². The molecule has 0 spiro atoms. The highest BCUT2D eigenvalue weighted by Crippen LogP contribution is 2.27. The van der Waals surface area contributed by atoms with Gasteiger partial charge >= 0.3 is 0 Å². The van der Waals surface area contributed by atoms with Crippen molar-refractivity contribution in [2.75, 3.05) is 5.32 Å². The van der Waals surface area contributed by atoms with Crippen LogP contribution in [0, 0.1) is 24.0 Å². The number of nitro groups is 1. The first-order valence-corrected chi connectivity index (χ1v) is 8.48. The van der Waals surface area contributed by atoms with E-state index in [1.807, 2.05) is 19.9 Å². The Morgan fingerprint density at radius 1 is 1.21 bits per heavy atom. The maximum Gasteiger partial charge on any atom is 0.289 e. The fraction of sp³-hybridized carbons (Fsp3) is 0.176. The first-order valence-electron chi connectivity index (χ1n) is 8.10. The van der Waals surface area contributed by atoms with Crippen LogP contribution in [0.5, 0.6) is 0 Å². The van der Waals surface area contributed by atoms with Gasteiger partial charge in [-0.2, -0.15) is 5.10 Å². The van der Waals surface area contributed by atoms with E-state index in [1.54, 1.807) is 4.68 Å².